The van der Waals surface area contributed by atoms with Crippen LogP contribution in [0.15, 0.2) is 30.3 Å². The fraction of sp³-hybridized carbons (Fsp3) is 0.611. The molecule has 4 rings (SSSR count). The van der Waals surface area contributed by atoms with Crippen LogP contribution in [0.5, 0.6) is 0 Å². The van der Waals surface area contributed by atoms with E-state index < -0.39 is 12.1 Å². The van der Waals surface area contributed by atoms with Crippen LogP contribution >= 0.6 is 0 Å². The normalized spacial score (nSPS) is 37.4. The van der Waals surface area contributed by atoms with Gasteiger partial charge in [-0.05, 0) is 25.8 Å². The number of rotatable bonds is 4. The largest absolute Gasteiger partial charge is 0.459 e. The van der Waals surface area contributed by atoms with Gasteiger partial charge in [0.05, 0.1) is 6.61 Å². The van der Waals surface area contributed by atoms with E-state index in [1.54, 1.807) is 0 Å². The lowest BCUT2D eigenvalue weighted by atomic mass is 10.0. The number of esters is 1. The standard InChI is InChI=1S/C18H22O6/c1-18(2)23-16-15(20-10-11-6-4-3-5-7-11)14(22-17(16)24-18)12-8-9-13(19)21-12/h3-7,12,14-17H,8-10H2,1-2H3/t12-,14-,15-,16-,17-/m1/s1. The number of carbonyl (C=O) groups excluding carboxylic acids is 1. The molecule has 1 aromatic carbocycles. The molecule has 5 atom stereocenters. The number of benzene rings is 1. The molecule has 3 aliphatic rings. The first-order chi connectivity index (χ1) is 11.5. The minimum absolute atomic E-state index is 0.190. The lowest BCUT2D eigenvalue weighted by Crippen LogP contribution is -2.42. The van der Waals surface area contributed by atoms with Gasteiger partial charge in [0.1, 0.15) is 24.4 Å². The molecule has 24 heavy (non-hydrogen) atoms. The van der Waals surface area contributed by atoms with E-state index in [2.05, 4.69) is 0 Å². The molecule has 130 valence electrons. The number of cyclic esters (lactones) is 1. The quantitative estimate of drug-likeness (QED) is 0.786. The molecule has 0 amide bonds. The van der Waals surface area contributed by atoms with Crippen LogP contribution in [-0.4, -0.2) is 42.5 Å². The summed E-state index contributed by atoms with van der Waals surface area (Å²) in [6, 6.07) is 9.93. The second kappa shape index (κ2) is 6.11. The molecule has 0 saturated carbocycles. The van der Waals surface area contributed by atoms with Crippen LogP contribution in [0.2, 0.25) is 0 Å². The average molecular weight is 334 g/mol. The Bertz CT molecular complexity index is 601. The molecule has 0 N–H and O–H groups in total. The Hall–Kier alpha value is -1.47. The molecule has 3 saturated heterocycles. The summed E-state index contributed by atoms with van der Waals surface area (Å²) in [6.45, 7) is 4.15. The first-order valence-corrected chi connectivity index (χ1v) is 8.38. The van der Waals surface area contributed by atoms with Crippen LogP contribution in [0.4, 0.5) is 0 Å². The van der Waals surface area contributed by atoms with Crippen LogP contribution < -0.4 is 0 Å². The van der Waals surface area contributed by atoms with Crippen LogP contribution in [0.25, 0.3) is 0 Å². The van der Waals surface area contributed by atoms with E-state index in [0.717, 1.165) is 5.56 Å². The molecule has 6 nitrogen and oxygen atoms in total. The van der Waals surface area contributed by atoms with Gasteiger partial charge in [0.15, 0.2) is 12.1 Å². The first kappa shape index (κ1) is 16.0. The van der Waals surface area contributed by atoms with Gasteiger partial charge in [0.25, 0.3) is 0 Å². The van der Waals surface area contributed by atoms with Gasteiger partial charge in [-0.25, -0.2) is 0 Å². The molecular formula is C18H22O6. The van der Waals surface area contributed by atoms with Crippen molar-refractivity contribution in [1.82, 2.24) is 0 Å². The van der Waals surface area contributed by atoms with Crippen molar-refractivity contribution in [3.8, 4) is 0 Å². The Balaban J connectivity index is 1.50. The molecule has 0 spiro atoms. The average Bonchev–Trinajstić information content (AvgIpc) is 3.18. The minimum Gasteiger partial charge on any atom is -0.459 e. The van der Waals surface area contributed by atoms with Crippen molar-refractivity contribution in [1.29, 1.82) is 0 Å². The summed E-state index contributed by atoms with van der Waals surface area (Å²) in [6.07, 6.45) is -0.785. The third-order valence-electron chi connectivity index (χ3n) is 4.59. The van der Waals surface area contributed by atoms with E-state index in [-0.39, 0.29) is 30.4 Å². The van der Waals surface area contributed by atoms with Crippen LogP contribution in [-0.2, 0) is 35.1 Å². The smallest absolute Gasteiger partial charge is 0.306 e. The Labute approximate surface area is 141 Å². The highest BCUT2D eigenvalue weighted by Gasteiger charge is 2.58. The van der Waals surface area contributed by atoms with Crippen molar-refractivity contribution in [3.63, 3.8) is 0 Å². The predicted molar refractivity (Wildman–Crippen MR) is 82.8 cm³/mol. The monoisotopic (exact) mass is 334 g/mol. The predicted octanol–water partition coefficient (Wildman–Crippen LogP) is 2.15. The number of carbonyl (C=O) groups is 1. The van der Waals surface area contributed by atoms with Gasteiger partial charge in [-0.15, -0.1) is 0 Å². The maximum absolute atomic E-state index is 11.5. The van der Waals surface area contributed by atoms with Crippen molar-refractivity contribution in [2.24, 2.45) is 0 Å². The summed E-state index contributed by atoms with van der Waals surface area (Å²) in [5, 5.41) is 0. The molecule has 0 aliphatic carbocycles. The maximum Gasteiger partial charge on any atom is 0.306 e. The molecule has 0 aromatic heterocycles. The third kappa shape index (κ3) is 3.07. The van der Waals surface area contributed by atoms with Gasteiger partial charge >= 0.3 is 5.97 Å². The maximum atomic E-state index is 11.5. The fourth-order valence-corrected chi connectivity index (χ4v) is 3.54. The highest BCUT2D eigenvalue weighted by atomic mass is 16.8. The third-order valence-corrected chi connectivity index (χ3v) is 4.59. The minimum atomic E-state index is -0.707. The van der Waals surface area contributed by atoms with E-state index in [1.165, 1.54) is 0 Å². The molecule has 0 radical (unpaired) electrons. The molecule has 3 aliphatic heterocycles. The van der Waals surface area contributed by atoms with Gasteiger partial charge in [-0.1, -0.05) is 30.3 Å². The van der Waals surface area contributed by atoms with E-state index >= 15 is 0 Å². The second-order valence-corrected chi connectivity index (χ2v) is 6.90. The number of hydrogen-bond acceptors (Lipinski definition) is 6. The van der Waals surface area contributed by atoms with Gasteiger partial charge in [0, 0.05) is 6.42 Å². The lowest BCUT2D eigenvalue weighted by molar-refractivity contribution is -0.230. The number of hydrogen-bond donors (Lipinski definition) is 0. The molecule has 0 bridgehead atoms. The summed E-state index contributed by atoms with van der Waals surface area (Å²) in [5.74, 6) is -0.897. The summed E-state index contributed by atoms with van der Waals surface area (Å²) in [7, 11) is 0. The first-order valence-electron chi connectivity index (χ1n) is 8.38. The van der Waals surface area contributed by atoms with E-state index in [0.29, 0.717) is 19.4 Å². The molecule has 3 fully saturated rings. The van der Waals surface area contributed by atoms with E-state index in [4.69, 9.17) is 23.7 Å². The van der Waals surface area contributed by atoms with E-state index in [9.17, 15) is 4.79 Å². The molecule has 0 unspecified atom stereocenters. The highest BCUT2D eigenvalue weighted by molar-refractivity contribution is 5.71. The van der Waals surface area contributed by atoms with Gasteiger partial charge < -0.3 is 23.7 Å². The molecule has 1 aromatic rings. The Morgan fingerprint density at radius 3 is 2.67 bits per heavy atom. The Morgan fingerprint density at radius 2 is 1.96 bits per heavy atom. The zero-order valence-corrected chi connectivity index (χ0v) is 13.8. The molecular weight excluding hydrogens is 312 g/mol. The zero-order chi connectivity index (χ0) is 16.7. The summed E-state index contributed by atoms with van der Waals surface area (Å²) >= 11 is 0. The fourth-order valence-electron chi connectivity index (χ4n) is 3.54. The van der Waals surface area contributed by atoms with Crippen molar-refractivity contribution in [3.05, 3.63) is 35.9 Å². The van der Waals surface area contributed by atoms with Crippen LogP contribution in [0.1, 0.15) is 32.3 Å². The topological polar surface area (TPSA) is 63.2 Å². The summed E-state index contributed by atoms with van der Waals surface area (Å²) < 4.78 is 29.3. The van der Waals surface area contributed by atoms with Crippen molar-refractivity contribution < 1.29 is 28.5 Å². The van der Waals surface area contributed by atoms with Gasteiger partial charge in [0.2, 0.25) is 0 Å². The number of fused-ring (bicyclic) bond motifs is 1. The van der Waals surface area contributed by atoms with Crippen LogP contribution in [0, 0.1) is 0 Å². The zero-order valence-electron chi connectivity index (χ0n) is 13.8. The Kier molecular flexibility index (Phi) is 4.08. The second-order valence-electron chi connectivity index (χ2n) is 6.90. The van der Waals surface area contributed by atoms with Gasteiger partial charge in [-0.3, -0.25) is 4.79 Å². The SMILES string of the molecule is CC1(C)O[C@H]2O[C@H]([C@H]3CCC(=O)O3)[C@@H](OCc3ccccc3)[C@H]2O1. The number of ether oxygens (including phenoxy) is 5. The molecule has 6 heteroatoms. The van der Waals surface area contributed by atoms with Crippen molar-refractivity contribution in [2.45, 2.75) is 69.8 Å². The summed E-state index contributed by atoms with van der Waals surface area (Å²) in [4.78, 5) is 11.5. The lowest BCUT2D eigenvalue weighted by Gasteiger charge is -2.28. The van der Waals surface area contributed by atoms with Crippen molar-refractivity contribution >= 4 is 5.97 Å². The van der Waals surface area contributed by atoms with Gasteiger partial charge in [-0.2, -0.15) is 0 Å². The Morgan fingerprint density at radius 1 is 1.17 bits per heavy atom. The summed E-state index contributed by atoms with van der Waals surface area (Å²) in [5.41, 5.74) is 1.07. The van der Waals surface area contributed by atoms with Crippen molar-refractivity contribution in [2.75, 3.05) is 0 Å². The van der Waals surface area contributed by atoms with E-state index in [1.807, 2.05) is 44.2 Å². The van der Waals surface area contributed by atoms with Crippen LogP contribution in [0.3, 0.4) is 0 Å². The highest BCUT2D eigenvalue weighted by Crippen LogP contribution is 2.41. The molecule has 3 heterocycles.